The van der Waals surface area contributed by atoms with Gasteiger partial charge in [0, 0.05) is 18.7 Å². The maximum absolute atomic E-state index is 12.1. The predicted molar refractivity (Wildman–Crippen MR) is 99.3 cm³/mol. The van der Waals surface area contributed by atoms with E-state index in [1.165, 1.54) is 29.3 Å². The number of amides is 1. The van der Waals surface area contributed by atoms with Gasteiger partial charge in [-0.15, -0.1) is 0 Å². The lowest BCUT2D eigenvalue weighted by Crippen LogP contribution is -2.25. The minimum atomic E-state index is -0.544. The molecule has 5 nitrogen and oxygen atoms in total. The number of nitrogens with one attached hydrogen (secondary N) is 1. The smallest absolute Gasteiger partial charge is 0.270 e. The van der Waals surface area contributed by atoms with Gasteiger partial charge in [0.2, 0.25) is 0 Å². The molecule has 25 heavy (non-hydrogen) atoms. The number of nitro benzene ring substituents is 1. The van der Waals surface area contributed by atoms with Crippen molar-refractivity contribution in [3.8, 4) is 0 Å². The molecule has 6 heteroatoms. The van der Waals surface area contributed by atoms with Crippen LogP contribution >= 0.6 is 11.6 Å². The van der Waals surface area contributed by atoms with Gasteiger partial charge in [0.25, 0.3) is 11.6 Å². The minimum absolute atomic E-state index is 0.0796. The van der Waals surface area contributed by atoms with Crippen LogP contribution in [0.3, 0.4) is 0 Å². The largest absolute Gasteiger partial charge is 0.352 e. The van der Waals surface area contributed by atoms with E-state index in [1.54, 1.807) is 0 Å². The molecule has 2 aromatic rings. The van der Waals surface area contributed by atoms with Gasteiger partial charge in [-0.2, -0.15) is 0 Å². The number of carbonyl (C=O) groups is 1. The van der Waals surface area contributed by atoms with Crippen molar-refractivity contribution >= 4 is 23.2 Å². The average molecular weight is 361 g/mol. The third kappa shape index (κ3) is 5.29. The average Bonchev–Trinajstić information content (AvgIpc) is 2.58. The molecule has 0 radical (unpaired) electrons. The van der Waals surface area contributed by atoms with Gasteiger partial charge in [0.15, 0.2) is 0 Å². The summed E-state index contributed by atoms with van der Waals surface area (Å²) < 4.78 is 0. The minimum Gasteiger partial charge on any atom is -0.352 e. The number of halogens is 1. The highest BCUT2D eigenvalue weighted by Gasteiger charge is 2.14. The maximum Gasteiger partial charge on any atom is 0.270 e. The van der Waals surface area contributed by atoms with Crippen LogP contribution in [0.15, 0.2) is 42.5 Å². The fourth-order valence-electron chi connectivity index (χ4n) is 2.46. The van der Waals surface area contributed by atoms with Gasteiger partial charge in [-0.3, -0.25) is 14.9 Å². The number of nitrogens with zero attached hydrogens (tertiary/aromatic N) is 1. The van der Waals surface area contributed by atoms with E-state index in [4.69, 9.17) is 11.6 Å². The second kappa shape index (κ2) is 8.62. The SMILES string of the molecule is CC(C)c1ccc(CCCNC(=O)c2ccc([N+](=O)[O-])cc2Cl)cc1. The standard InChI is InChI=1S/C19H21ClN2O3/c1-13(2)15-7-5-14(6-8-15)4-3-11-21-19(23)17-10-9-16(22(24)25)12-18(17)20/h5-10,12-13H,3-4,11H2,1-2H3,(H,21,23). The summed E-state index contributed by atoms with van der Waals surface area (Å²) >= 11 is 5.95. The first-order valence-corrected chi connectivity index (χ1v) is 8.57. The third-order valence-corrected chi connectivity index (χ3v) is 4.29. The first kappa shape index (κ1) is 18.9. The van der Waals surface area contributed by atoms with Crippen molar-refractivity contribution < 1.29 is 9.72 Å². The molecular formula is C19H21ClN2O3. The van der Waals surface area contributed by atoms with Gasteiger partial charge in [-0.25, -0.2) is 0 Å². The molecule has 0 bridgehead atoms. The topological polar surface area (TPSA) is 72.2 Å². The number of benzene rings is 2. The highest BCUT2D eigenvalue weighted by molar-refractivity contribution is 6.34. The van der Waals surface area contributed by atoms with Crippen LogP contribution in [-0.4, -0.2) is 17.4 Å². The van der Waals surface area contributed by atoms with Crippen LogP contribution in [0.5, 0.6) is 0 Å². The lowest BCUT2D eigenvalue weighted by molar-refractivity contribution is -0.384. The van der Waals surface area contributed by atoms with Crippen molar-refractivity contribution in [1.82, 2.24) is 5.32 Å². The second-order valence-corrected chi connectivity index (χ2v) is 6.58. The van der Waals surface area contributed by atoms with Crippen molar-refractivity contribution in [2.75, 3.05) is 6.54 Å². The summed E-state index contributed by atoms with van der Waals surface area (Å²) in [5, 5.41) is 13.6. The third-order valence-electron chi connectivity index (χ3n) is 3.98. The fourth-order valence-corrected chi connectivity index (χ4v) is 2.72. The van der Waals surface area contributed by atoms with Crippen molar-refractivity contribution in [2.24, 2.45) is 0 Å². The van der Waals surface area contributed by atoms with Crippen molar-refractivity contribution in [3.63, 3.8) is 0 Å². The van der Waals surface area contributed by atoms with E-state index >= 15 is 0 Å². The molecular weight excluding hydrogens is 340 g/mol. The van der Waals surface area contributed by atoms with E-state index in [1.807, 2.05) is 0 Å². The summed E-state index contributed by atoms with van der Waals surface area (Å²) in [7, 11) is 0. The van der Waals surface area contributed by atoms with Crippen molar-refractivity contribution in [3.05, 3.63) is 74.3 Å². The van der Waals surface area contributed by atoms with Crippen molar-refractivity contribution in [1.29, 1.82) is 0 Å². The molecule has 0 saturated carbocycles. The summed E-state index contributed by atoms with van der Waals surface area (Å²) in [6.07, 6.45) is 1.67. The Kier molecular flexibility index (Phi) is 6.53. The van der Waals surface area contributed by atoms with Gasteiger partial charge in [0.1, 0.15) is 0 Å². The lowest BCUT2D eigenvalue weighted by Gasteiger charge is -2.08. The van der Waals surface area contributed by atoms with E-state index < -0.39 is 4.92 Å². The summed E-state index contributed by atoms with van der Waals surface area (Å²) in [5.41, 5.74) is 2.65. The Bertz CT molecular complexity index is 758. The zero-order valence-electron chi connectivity index (χ0n) is 14.3. The normalized spacial score (nSPS) is 10.7. The highest BCUT2D eigenvalue weighted by atomic mass is 35.5. The maximum atomic E-state index is 12.1. The molecule has 0 fully saturated rings. The monoisotopic (exact) mass is 360 g/mol. The Labute approximate surface area is 152 Å². The molecule has 0 aliphatic carbocycles. The molecule has 1 N–H and O–H groups in total. The summed E-state index contributed by atoms with van der Waals surface area (Å²) in [5.74, 6) is 0.190. The van der Waals surface area contributed by atoms with E-state index in [-0.39, 0.29) is 22.2 Å². The quantitative estimate of drug-likeness (QED) is 0.440. The van der Waals surface area contributed by atoms with E-state index in [0.29, 0.717) is 12.5 Å². The molecule has 2 rings (SSSR count). The number of nitro groups is 1. The molecule has 0 heterocycles. The number of aryl methyl sites for hydroxylation is 1. The highest BCUT2D eigenvalue weighted by Crippen LogP contribution is 2.22. The fraction of sp³-hybridized carbons (Fsp3) is 0.316. The van der Waals surface area contributed by atoms with Crippen LogP contribution in [0.4, 0.5) is 5.69 Å². The Hall–Kier alpha value is -2.40. The number of hydrogen-bond acceptors (Lipinski definition) is 3. The molecule has 0 atom stereocenters. The molecule has 0 aliphatic heterocycles. The Morgan fingerprint density at radius 3 is 2.44 bits per heavy atom. The molecule has 132 valence electrons. The zero-order chi connectivity index (χ0) is 18.4. The molecule has 2 aromatic carbocycles. The first-order chi connectivity index (χ1) is 11.9. The van der Waals surface area contributed by atoms with Crippen LogP contribution in [-0.2, 0) is 6.42 Å². The van der Waals surface area contributed by atoms with Gasteiger partial charge < -0.3 is 5.32 Å². The molecule has 0 saturated heterocycles. The molecule has 0 aliphatic rings. The van der Waals surface area contributed by atoms with E-state index in [9.17, 15) is 14.9 Å². The number of carbonyl (C=O) groups excluding carboxylic acids is 1. The van der Waals surface area contributed by atoms with Crippen LogP contribution in [0, 0.1) is 10.1 Å². The Morgan fingerprint density at radius 1 is 1.20 bits per heavy atom. The lowest BCUT2D eigenvalue weighted by atomic mass is 10.0. The Balaban J connectivity index is 1.83. The number of hydrogen-bond donors (Lipinski definition) is 1. The zero-order valence-corrected chi connectivity index (χ0v) is 15.0. The molecule has 0 aromatic heterocycles. The molecule has 0 unspecified atom stereocenters. The second-order valence-electron chi connectivity index (χ2n) is 6.18. The van der Waals surface area contributed by atoms with Crippen LogP contribution in [0.25, 0.3) is 0 Å². The molecule has 1 amide bonds. The summed E-state index contributed by atoms with van der Waals surface area (Å²) in [6.45, 7) is 4.83. The summed E-state index contributed by atoms with van der Waals surface area (Å²) in [4.78, 5) is 22.3. The van der Waals surface area contributed by atoms with E-state index in [0.717, 1.165) is 12.8 Å². The van der Waals surface area contributed by atoms with E-state index in [2.05, 4.69) is 43.4 Å². The van der Waals surface area contributed by atoms with Crippen LogP contribution in [0.2, 0.25) is 5.02 Å². The number of rotatable bonds is 7. The first-order valence-electron chi connectivity index (χ1n) is 8.19. The summed E-state index contributed by atoms with van der Waals surface area (Å²) in [6, 6.07) is 12.3. The Morgan fingerprint density at radius 2 is 1.88 bits per heavy atom. The van der Waals surface area contributed by atoms with Gasteiger partial charge >= 0.3 is 0 Å². The molecule has 0 spiro atoms. The number of non-ortho nitro benzene ring substituents is 1. The van der Waals surface area contributed by atoms with Gasteiger partial charge in [0.05, 0.1) is 15.5 Å². The van der Waals surface area contributed by atoms with Gasteiger partial charge in [-0.05, 0) is 36.0 Å². The van der Waals surface area contributed by atoms with Crippen LogP contribution < -0.4 is 5.32 Å². The predicted octanol–water partition coefficient (Wildman–Crippen LogP) is 4.73. The van der Waals surface area contributed by atoms with Crippen LogP contribution in [0.1, 0.15) is 47.7 Å². The van der Waals surface area contributed by atoms with Crippen molar-refractivity contribution in [2.45, 2.75) is 32.6 Å². The van der Waals surface area contributed by atoms with Gasteiger partial charge in [-0.1, -0.05) is 49.7 Å².